The van der Waals surface area contributed by atoms with E-state index in [0.29, 0.717) is 15.7 Å². The molecule has 0 spiro atoms. The zero-order chi connectivity index (χ0) is 22.4. The number of nitro benzene ring substituents is 1. The van der Waals surface area contributed by atoms with Gasteiger partial charge in [-0.25, -0.2) is 4.98 Å². The number of aryl methyl sites for hydroxylation is 3. The van der Waals surface area contributed by atoms with E-state index in [-0.39, 0.29) is 26.8 Å². The third-order valence-corrected chi connectivity index (χ3v) is 6.62. The minimum absolute atomic E-state index is 0.0833. The molecule has 10 nitrogen and oxygen atoms in total. The number of benzene rings is 1. The molecule has 1 amide bonds. The van der Waals surface area contributed by atoms with Crippen molar-refractivity contribution in [2.75, 3.05) is 4.90 Å². The first kappa shape index (κ1) is 20.8. The molecule has 0 fully saturated rings. The molecule has 1 N–H and O–H groups in total. The largest absolute Gasteiger partial charge is 0.503 e. The molecule has 4 rings (SSSR count). The number of rotatable bonds is 5. The van der Waals surface area contributed by atoms with E-state index in [2.05, 4.69) is 15.2 Å². The molecule has 1 aliphatic heterocycles. The lowest BCUT2D eigenvalue weighted by Crippen LogP contribution is -2.31. The molecule has 0 aliphatic carbocycles. The van der Waals surface area contributed by atoms with E-state index in [1.54, 1.807) is 26.8 Å². The van der Waals surface area contributed by atoms with Gasteiger partial charge in [0.25, 0.3) is 11.6 Å². The number of hydrogen-bond donors (Lipinski definition) is 1. The lowest BCUT2D eigenvalue weighted by Gasteiger charge is -2.23. The number of aliphatic hydroxyl groups is 1. The maximum absolute atomic E-state index is 13.5. The van der Waals surface area contributed by atoms with E-state index in [9.17, 15) is 24.8 Å². The number of amides is 1. The Hall–Kier alpha value is -3.51. The number of aromatic nitrogens is 3. The molecule has 1 aliphatic rings. The van der Waals surface area contributed by atoms with Crippen LogP contribution in [0.4, 0.5) is 10.8 Å². The summed E-state index contributed by atoms with van der Waals surface area (Å²) in [6.07, 6.45) is 0. The van der Waals surface area contributed by atoms with Crippen molar-refractivity contribution in [2.45, 2.75) is 26.8 Å². The molecule has 0 radical (unpaired) electrons. The van der Waals surface area contributed by atoms with Gasteiger partial charge in [0.15, 0.2) is 5.76 Å². The van der Waals surface area contributed by atoms with Crippen LogP contribution in [0.25, 0.3) is 0 Å². The van der Waals surface area contributed by atoms with Crippen LogP contribution in [-0.4, -0.2) is 36.9 Å². The Kier molecular flexibility index (Phi) is 5.11. The normalized spacial score (nSPS) is 16.3. The van der Waals surface area contributed by atoms with Gasteiger partial charge in [-0.05, 0) is 26.8 Å². The minimum atomic E-state index is -1.24. The van der Waals surface area contributed by atoms with Gasteiger partial charge in [-0.2, -0.15) is 0 Å². The number of nitro groups is 1. The van der Waals surface area contributed by atoms with Crippen LogP contribution >= 0.6 is 22.7 Å². The van der Waals surface area contributed by atoms with Crippen molar-refractivity contribution in [1.29, 1.82) is 0 Å². The average molecular weight is 457 g/mol. The second kappa shape index (κ2) is 7.63. The van der Waals surface area contributed by atoms with Gasteiger partial charge in [0, 0.05) is 6.07 Å². The second-order valence-corrected chi connectivity index (χ2v) is 9.10. The van der Waals surface area contributed by atoms with Gasteiger partial charge in [-0.1, -0.05) is 23.5 Å². The number of nitrogens with zero attached hydrogens (tertiary/aromatic N) is 5. The molecule has 1 atom stereocenters. The highest BCUT2D eigenvalue weighted by Crippen LogP contribution is 2.45. The lowest BCUT2D eigenvalue weighted by atomic mass is 9.94. The average Bonchev–Trinajstić information content (AvgIpc) is 3.37. The Morgan fingerprint density at radius 1 is 1.16 bits per heavy atom. The fourth-order valence-corrected chi connectivity index (χ4v) is 5.05. The Bertz CT molecular complexity index is 1280. The number of ketones is 1. The van der Waals surface area contributed by atoms with Gasteiger partial charge in [-0.15, -0.1) is 21.5 Å². The summed E-state index contributed by atoms with van der Waals surface area (Å²) in [5.41, 5.74) is -0.00518. The summed E-state index contributed by atoms with van der Waals surface area (Å²) in [5, 5.41) is 31.6. The van der Waals surface area contributed by atoms with Crippen molar-refractivity contribution < 1.29 is 19.6 Å². The Balaban J connectivity index is 1.96. The zero-order valence-corrected chi connectivity index (χ0v) is 18.2. The smallest absolute Gasteiger partial charge is 0.296 e. The van der Waals surface area contributed by atoms with Gasteiger partial charge in [0.2, 0.25) is 10.9 Å². The lowest BCUT2D eigenvalue weighted by molar-refractivity contribution is -0.385. The molecule has 0 bridgehead atoms. The number of carbonyl (C=O) groups is 2. The molecule has 1 aromatic carbocycles. The van der Waals surface area contributed by atoms with Gasteiger partial charge in [-0.3, -0.25) is 24.6 Å². The van der Waals surface area contributed by atoms with E-state index in [1.807, 2.05) is 0 Å². The standard InChI is InChI=1S/C19H15N5O5S2/c1-8-17(30-9(2)20-8)15(25)13-14(11-6-4-5-7-12(11)24(28)29)23(18(27)16(13)26)19-22-21-10(3)31-19/h4-7,14,26H,1-3H3. The number of aliphatic hydroxyl groups excluding tert-OH is 1. The van der Waals surface area contributed by atoms with Crippen molar-refractivity contribution in [3.05, 3.63) is 71.9 Å². The van der Waals surface area contributed by atoms with Gasteiger partial charge < -0.3 is 5.11 Å². The van der Waals surface area contributed by atoms with Crippen molar-refractivity contribution >= 4 is 45.2 Å². The summed E-state index contributed by atoms with van der Waals surface area (Å²) in [7, 11) is 0. The number of para-hydroxylation sites is 1. The van der Waals surface area contributed by atoms with Crippen LogP contribution in [0.15, 0.2) is 35.6 Å². The molecule has 1 unspecified atom stereocenters. The molecule has 0 saturated heterocycles. The van der Waals surface area contributed by atoms with Crippen LogP contribution in [0.1, 0.15) is 37.0 Å². The SMILES string of the molecule is Cc1nnc(N2C(=O)C(O)=C(C(=O)c3sc(C)nc3C)C2c2ccccc2[N+](=O)[O-])s1. The Labute approximate surface area is 183 Å². The van der Waals surface area contributed by atoms with Crippen LogP contribution < -0.4 is 4.90 Å². The molecule has 31 heavy (non-hydrogen) atoms. The van der Waals surface area contributed by atoms with Gasteiger partial charge >= 0.3 is 0 Å². The van der Waals surface area contributed by atoms with Crippen molar-refractivity contribution in [1.82, 2.24) is 15.2 Å². The second-order valence-electron chi connectivity index (χ2n) is 6.74. The molecule has 0 saturated carbocycles. The minimum Gasteiger partial charge on any atom is -0.503 e. The third kappa shape index (κ3) is 3.39. The summed E-state index contributed by atoms with van der Waals surface area (Å²) < 4.78 is 0. The quantitative estimate of drug-likeness (QED) is 0.348. The number of anilines is 1. The first-order valence-electron chi connectivity index (χ1n) is 8.99. The summed E-state index contributed by atoms with van der Waals surface area (Å²) in [6, 6.07) is 4.54. The highest BCUT2D eigenvalue weighted by Gasteiger charge is 2.48. The van der Waals surface area contributed by atoms with E-state index in [4.69, 9.17) is 0 Å². The Morgan fingerprint density at radius 2 is 1.87 bits per heavy atom. The number of carbonyl (C=O) groups excluding carboxylic acids is 2. The highest BCUT2D eigenvalue weighted by molar-refractivity contribution is 7.15. The predicted molar refractivity (Wildman–Crippen MR) is 114 cm³/mol. The number of Topliss-reactive ketones (excluding diaryl/α,β-unsaturated/α-hetero) is 1. The van der Waals surface area contributed by atoms with Crippen molar-refractivity contribution in [2.24, 2.45) is 0 Å². The molecule has 2 aromatic heterocycles. The zero-order valence-electron chi connectivity index (χ0n) is 16.5. The number of thiazole rings is 1. The third-order valence-electron chi connectivity index (χ3n) is 4.71. The molecule has 3 aromatic rings. The first-order chi connectivity index (χ1) is 14.7. The van der Waals surface area contributed by atoms with Crippen LogP contribution in [-0.2, 0) is 4.79 Å². The van der Waals surface area contributed by atoms with E-state index in [1.165, 1.54) is 18.2 Å². The topological polar surface area (TPSA) is 139 Å². The van der Waals surface area contributed by atoms with Crippen LogP contribution in [0.3, 0.4) is 0 Å². The first-order valence-corrected chi connectivity index (χ1v) is 10.6. The summed E-state index contributed by atoms with van der Waals surface area (Å²) in [5.74, 6) is -2.26. The molecule has 12 heteroatoms. The fraction of sp³-hybridized carbons (Fsp3) is 0.211. The molecular formula is C19H15N5O5S2. The molecule has 158 valence electrons. The van der Waals surface area contributed by atoms with Gasteiger partial charge in [0.05, 0.1) is 31.6 Å². The molecule has 3 heterocycles. The van der Waals surface area contributed by atoms with Crippen LogP contribution in [0.5, 0.6) is 0 Å². The monoisotopic (exact) mass is 457 g/mol. The molecular weight excluding hydrogens is 442 g/mol. The van der Waals surface area contributed by atoms with Crippen LogP contribution in [0, 0.1) is 30.9 Å². The maximum Gasteiger partial charge on any atom is 0.296 e. The fourth-order valence-electron chi connectivity index (χ4n) is 3.46. The predicted octanol–water partition coefficient (Wildman–Crippen LogP) is 3.61. The van der Waals surface area contributed by atoms with Gasteiger partial charge in [0.1, 0.15) is 11.0 Å². The highest BCUT2D eigenvalue weighted by atomic mass is 32.1. The summed E-state index contributed by atoms with van der Waals surface area (Å²) >= 11 is 2.20. The summed E-state index contributed by atoms with van der Waals surface area (Å²) in [6.45, 7) is 5.07. The van der Waals surface area contributed by atoms with E-state index < -0.39 is 28.4 Å². The Morgan fingerprint density at radius 3 is 2.45 bits per heavy atom. The van der Waals surface area contributed by atoms with Crippen molar-refractivity contribution in [3.8, 4) is 0 Å². The summed E-state index contributed by atoms with van der Waals surface area (Å²) in [4.78, 5) is 43.2. The van der Waals surface area contributed by atoms with E-state index in [0.717, 1.165) is 27.6 Å². The number of hydrogen-bond acceptors (Lipinski definition) is 10. The van der Waals surface area contributed by atoms with E-state index >= 15 is 0 Å². The van der Waals surface area contributed by atoms with Crippen LogP contribution in [0.2, 0.25) is 0 Å². The van der Waals surface area contributed by atoms with Crippen molar-refractivity contribution in [3.63, 3.8) is 0 Å². The maximum atomic E-state index is 13.5.